The van der Waals surface area contributed by atoms with E-state index in [-0.39, 0.29) is 17.6 Å². The quantitative estimate of drug-likeness (QED) is 0.764. The molecule has 0 spiro atoms. The van der Waals surface area contributed by atoms with Crippen molar-refractivity contribution in [3.8, 4) is 0 Å². The average molecular weight is 405 g/mol. The topological polar surface area (TPSA) is 78.5 Å². The van der Waals surface area contributed by atoms with Crippen LogP contribution in [0.15, 0.2) is 42.5 Å². The Bertz CT molecular complexity index is 947. The van der Waals surface area contributed by atoms with Crippen LogP contribution >= 0.6 is 0 Å². The van der Waals surface area contributed by atoms with Crippen LogP contribution in [-0.2, 0) is 11.2 Å². The molecule has 30 heavy (non-hydrogen) atoms. The zero-order valence-corrected chi connectivity index (χ0v) is 17.1. The Morgan fingerprint density at radius 3 is 2.30 bits per heavy atom. The fourth-order valence-electron chi connectivity index (χ4n) is 4.20. The Labute approximate surface area is 176 Å². The highest BCUT2D eigenvalue weighted by Gasteiger charge is 2.25. The summed E-state index contributed by atoms with van der Waals surface area (Å²) in [4.78, 5) is 39.3. The number of rotatable bonds is 6. The number of ketones is 1. The average Bonchev–Trinajstić information content (AvgIpc) is 3.15. The van der Waals surface area contributed by atoms with Gasteiger partial charge in [0.2, 0.25) is 5.91 Å². The van der Waals surface area contributed by atoms with Gasteiger partial charge in [-0.15, -0.1) is 0 Å². The van der Waals surface area contributed by atoms with E-state index in [1.165, 1.54) is 19.3 Å². The molecule has 156 valence electrons. The van der Waals surface area contributed by atoms with Crippen molar-refractivity contribution < 1.29 is 14.4 Å². The summed E-state index contributed by atoms with van der Waals surface area (Å²) >= 11 is 0. The van der Waals surface area contributed by atoms with E-state index in [1.54, 1.807) is 30.3 Å². The molecule has 1 saturated heterocycles. The molecule has 2 aliphatic rings. The molecule has 2 aromatic carbocycles. The Hall–Kier alpha value is -2.99. The van der Waals surface area contributed by atoms with Crippen LogP contribution in [0.4, 0.5) is 11.4 Å². The second-order valence-corrected chi connectivity index (χ2v) is 7.99. The van der Waals surface area contributed by atoms with Crippen LogP contribution in [0, 0.1) is 0 Å². The maximum atomic E-state index is 12.7. The number of hydrogen-bond acceptors (Lipinski definition) is 4. The summed E-state index contributed by atoms with van der Waals surface area (Å²) in [6.07, 6.45) is 5.36. The number of Topliss-reactive ketones (excluding diaryl/α,β-unsaturated/α-hetero) is 1. The lowest BCUT2D eigenvalue weighted by atomic mass is 10.0. The van der Waals surface area contributed by atoms with Crippen molar-refractivity contribution in [2.24, 2.45) is 0 Å². The van der Waals surface area contributed by atoms with Gasteiger partial charge in [0.25, 0.3) is 5.91 Å². The van der Waals surface area contributed by atoms with Gasteiger partial charge in [0.1, 0.15) is 0 Å². The van der Waals surface area contributed by atoms with Gasteiger partial charge < -0.3 is 15.5 Å². The van der Waals surface area contributed by atoms with Crippen molar-refractivity contribution in [3.63, 3.8) is 0 Å². The first-order valence-electron chi connectivity index (χ1n) is 10.7. The molecule has 1 aliphatic carbocycles. The summed E-state index contributed by atoms with van der Waals surface area (Å²) in [5.74, 6) is -0.269. The van der Waals surface area contributed by atoms with Crippen LogP contribution in [-0.4, -0.2) is 42.1 Å². The molecule has 0 atom stereocenters. The minimum atomic E-state index is -0.291. The zero-order valence-electron chi connectivity index (χ0n) is 17.1. The van der Waals surface area contributed by atoms with Gasteiger partial charge in [0, 0.05) is 36.3 Å². The van der Waals surface area contributed by atoms with E-state index in [4.69, 9.17) is 0 Å². The number of carbonyl (C=O) groups excluding carboxylic acids is 3. The number of nitrogens with zero attached hydrogens (tertiary/aromatic N) is 1. The predicted octanol–water partition coefficient (Wildman–Crippen LogP) is 3.88. The molecule has 0 aromatic heterocycles. The van der Waals surface area contributed by atoms with E-state index in [1.807, 2.05) is 12.1 Å². The molecule has 0 bridgehead atoms. The minimum absolute atomic E-state index is 0.00396. The molecule has 6 nitrogen and oxygen atoms in total. The molecule has 0 saturated carbocycles. The number of nitrogens with one attached hydrogen (secondary N) is 2. The molecular formula is C24H27N3O3. The second kappa shape index (κ2) is 9.22. The summed E-state index contributed by atoms with van der Waals surface area (Å²) in [6, 6.07) is 12.5. The monoisotopic (exact) mass is 405 g/mol. The van der Waals surface area contributed by atoms with E-state index < -0.39 is 0 Å². The van der Waals surface area contributed by atoms with Crippen molar-refractivity contribution >= 4 is 29.0 Å². The standard InChI is InChI=1S/C24H27N3O3/c28-21-12-7-17-5-4-6-20(23(17)21)24(30)26-19-10-8-18(9-11-19)25-22(29)13-16-27-14-2-1-3-15-27/h4-6,8-11H,1-3,7,12-16H2,(H,25,29)(H,26,30). The van der Waals surface area contributed by atoms with Crippen LogP contribution in [0.3, 0.4) is 0 Å². The number of anilines is 2. The van der Waals surface area contributed by atoms with Crippen LogP contribution in [0.2, 0.25) is 0 Å². The molecular weight excluding hydrogens is 378 g/mol. The third kappa shape index (κ3) is 4.76. The fourth-order valence-corrected chi connectivity index (χ4v) is 4.20. The van der Waals surface area contributed by atoms with Gasteiger partial charge in [-0.3, -0.25) is 14.4 Å². The number of piperidine rings is 1. The lowest BCUT2D eigenvalue weighted by molar-refractivity contribution is -0.116. The number of carbonyl (C=O) groups is 3. The number of amides is 2. The highest BCUT2D eigenvalue weighted by molar-refractivity contribution is 6.14. The summed E-state index contributed by atoms with van der Waals surface area (Å²) in [7, 11) is 0. The molecule has 2 N–H and O–H groups in total. The molecule has 0 unspecified atom stereocenters. The minimum Gasteiger partial charge on any atom is -0.326 e. The number of hydrogen-bond donors (Lipinski definition) is 2. The third-order valence-electron chi connectivity index (χ3n) is 5.83. The van der Waals surface area contributed by atoms with Crippen molar-refractivity contribution in [2.45, 2.75) is 38.5 Å². The molecule has 1 heterocycles. The highest BCUT2D eigenvalue weighted by Crippen LogP contribution is 2.26. The summed E-state index contributed by atoms with van der Waals surface area (Å²) in [5, 5.41) is 5.76. The number of fused-ring (bicyclic) bond motifs is 1. The normalized spacial score (nSPS) is 16.2. The Kier molecular flexibility index (Phi) is 6.23. The van der Waals surface area contributed by atoms with Crippen molar-refractivity contribution in [1.82, 2.24) is 4.90 Å². The van der Waals surface area contributed by atoms with Crippen LogP contribution in [0.1, 0.15) is 58.4 Å². The van der Waals surface area contributed by atoms with E-state index in [9.17, 15) is 14.4 Å². The summed E-state index contributed by atoms with van der Waals surface area (Å²) < 4.78 is 0. The first-order valence-corrected chi connectivity index (χ1v) is 10.7. The smallest absolute Gasteiger partial charge is 0.256 e. The Balaban J connectivity index is 1.32. The lowest BCUT2D eigenvalue weighted by Crippen LogP contribution is -2.32. The van der Waals surface area contributed by atoms with Crippen molar-refractivity contribution in [1.29, 1.82) is 0 Å². The van der Waals surface area contributed by atoms with Crippen LogP contribution < -0.4 is 10.6 Å². The fraction of sp³-hybridized carbons (Fsp3) is 0.375. The maximum Gasteiger partial charge on any atom is 0.256 e. The molecule has 6 heteroatoms. The maximum absolute atomic E-state index is 12.7. The molecule has 4 rings (SSSR count). The van der Waals surface area contributed by atoms with Gasteiger partial charge in [0.05, 0.1) is 5.56 Å². The number of benzene rings is 2. The van der Waals surface area contributed by atoms with Gasteiger partial charge in [-0.05, 0) is 68.2 Å². The molecule has 2 amide bonds. The van der Waals surface area contributed by atoms with E-state index >= 15 is 0 Å². The molecule has 2 aromatic rings. The first kappa shape index (κ1) is 20.3. The van der Waals surface area contributed by atoms with Gasteiger partial charge in [-0.25, -0.2) is 0 Å². The predicted molar refractivity (Wildman–Crippen MR) is 117 cm³/mol. The number of likely N-dealkylation sites (tertiary alicyclic amines) is 1. The van der Waals surface area contributed by atoms with Crippen molar-refractivity contribution in [3.05, 3.63) is 59.2 Å². The first-order chi connectivity index (χ1) is 14.6. The van der Waals surface area contributed by atoms with Crippen LogP contribution in [0.25, 0.3) is 0 Å². The SMILES string of the molecule is O=C(CCN1CCCCC1)Nc1ccc(NC(=O)c2cccc3c2C(=O)CC3)cc1. The van der Waals surface area contributed by atoms with E-state index in [2.05, 4.69) is 15.5 Å². The van der Waals surface area contributed by atoms with Crippen molar-refractivity contribution in [2.75, 3.05) is 30.3 Å². The highest BCUT2D eigenvalue weighted by atomic mass is 16.2. The van der Waals surface area contributed by atoms with E-state index in [0.717, 1.165) is 25.2 Å². The molecule has 1 fully saturated rings. The van der Waals surface area contributed by atoms with Gasteiger partial charge >= 0.3 is 0 Å². The van der Waals surface area contributed by atoms with Gasteiger partial charge in [-0.2, -0.15) is 0 Å². The van der Waals surface area contributed by atoms with E-state index in [0.29, 0.717) is 41.8 Å². The number of aryl methyl sites for hydroxylation is 1. The van der Waals surface area contributed by atoms with Gasteiger partial charge in [-0.1, -0.05) is 18.6 Å². The second-order valence-electron chi connectivity index (χ2n) is 7.99. The molecule has 0 radical (unpaired) electrons. The Morgan fingerprint density at radius 2 is 1.57 bits per heavy atom. The third-order valence-corrected chi connectivity index (χ3v) is 5.83. The largest absolute Gasteiger partial charge is 0.326 e. The molecule has 1 aliphatic heterocycles. The van der Waals surface area contributed by atoms with Crippen LogP contribution in [0.5, 0.6) is 0 Å². The zero-order chi connectivity index (χ0) is 20.9. The summed E-state index contributed by atoms with van der Waals surface area (Å²) in [6.45, 7) is 2.95. The van der Waals surface area contributed by atoms with Gasteiger partial charge in [0.15, 0.2) is 5.78 Å². The Morgan fingerprint density at radius 1 is 0.867 bits per heavy atom. The lowest BCUT2D eigenvalue weighted by Gasteiger charge is -2.25. The summed E-state index contributed by atoms with van der Waals surface area (Å²) in [5.41, 5.74) is 3.23.